The fraction of sp³-hybridized carbons (Fsp3) is 0.333. The van der Waals surface area contributed by atoms with E-state index in [4.69, 9.17) is 0 Å². The van der Waals surface area contributed by atoms with Crippen molar-refractivity contribution < 1.29 is 48.0 Å². The summed E-state index contributed by atoms with van der Waals surface area (Å²) in [5.41, 5.74) is 13.7. The molecule has 0 spiro atoms. The molecule has 2 aliphatic carbocycles. The Morgan fingerprint density at radius 1 is 0.704 bits per heavy atom. The molecule has 2 aromatic rings. The van der Waals surface area contributed by atoms with Crippen LogP contribution in [0.3, 0.4) is 0 Å². The second-order valence-corrected chi connectivity index (χ2v) is 11.3. The quantitative estimate of drug-likeness (QED) is 0.600. The van der Waals surface area contributed by atoms with Gasteiger partial charge < -0.3 is 24.8 Å². The van der Waals surface area contributed by atoms with Crippen LogP contribution in [0, 0.1) is 19.8 Å². The van der Waals surface area contributed by atoms with Gasteiger partial charge in [-0.1, -0.05) is 0 Å². The Kier molecular flexibility index (Phi) is 7.05. The van der Waals surface area contributed by atoms with Gasteiger partial charge in [-0.25, -0.2) is 0 Å². The molecule has 0 saturated carbocycles. The predicted octanol–water partition coefficient (Wildman–Crippen LogP) is 0.724. The topological polar surface area (TPSA) is 0 Å². The van der Waals surface area contributed by atoms with E-state index in [0.29, 0.717) is 9.54 Å². The third-order valence-electron chi connectivity index (χ3n) is 6.27. The number of hydrogen-bond donors (Lipinski definition) is 0. The fourth-order valence-corrected chi connectivity index (χ4v) is 9.25. The third-order valence-corrected chi connectivity index (χ3v) is 11.3. The number of aryl methyl sites for hydroxylation is 2. The van der Waals surface area contributed by atoms with Crippen LogP contribution in [0.2, 0.25) is 0 Å². The molecule has 140 valence electrons. The summed E-state index contributed by atoms with van der Waals surface area (Å²) in [6.07, 6.45) is 0. The average molecular weight is 477 g/mol. The molecule has 1 atom stereocenters. The summed E-state index contributed by atoms with van der Waals surface area (Å²) >= 11 is -0.754. The molecule has 0 fully saturated rings. The van der Waals surface area contributed by atoms with Crippen molar-refractivity contribution in [1.29, 1.82) is 0 Å². The maximum Gasteiger partial charge on any atom is -1.00 e. The van der Waals surface area contributed by atoms with E-state index in [9.17, 15) is 0 Å². The first-order chi connectivity index (χ1) is 11.9. The standard InChI is InChI=1S/C15H13.C9H13.2ClH.Zr/c1-10-3-5-14-12(7-10)9-13-8-11(2)4-6-15(13)14;1-6-5-7(2)9(4)8(6)3;;;/h3-9H,1-2H3;6H,1-4H3;2*1H;/q;;;;+2/p-2. The number of benzene rings is 2. The molecule has 0 N–H and O–H groups in total. The van der Waals surface area contributed by atoms with Gasteiger partial charge in [0.25, 0.3) is 0 Å². The van der Waals surface area contributed by atoms with E-state index in [2.05, 4.69) is 77.9 Å². The van der Waals surface area contributed by atoms with Crippen molar-refractivity contribution in [2.24, 2.45) is 5.92 Å². The van der Waals surface area contributed by atoms with Gasteiger partial charge in [0.2, 0.25) is 0 Å². The van der Waals surface area contributed by atoms with Crippen molar-refractivity contribution in [2.45, 2.75) is 45.2 Å². The minimum absolute atomic E-state index is 0. The van der Waals surface area contributed by atoms with Crippen LogP contribution in [-0.2, 0) is 23.2 Å². The molecular formula is C24H26Cl2Zr. The Bertz CT molecular complexity index is 901. The van der Waals surface area contributed by atoms with Gasteiger partial charge in [0.05, 0.1) is 0 Å². The number of fused-ring (bicyclic) bond motifs is 3. The summed E-state index contributed by atoms with van der Waals surface area (Å²) < 4.78 is 2.48. The van der Waals surface area contributed by atoms with Gasteiger partial charge in [-0.15, -0.1) is 0 Å². The molecule has 0 saturated heterocycles. The zero-order valence-electron chi connectivity index (χ0n) is 16.9. The van der Waals surface area contributed by atoms with Crippen LogP contribution in [0.4, 0.5) is 0 Å². The van der Waals surface area contributed by atoms with Gasteiger partial charge in [-0.3, -0.25) is 0 Å². The van der Waals surface area contributed by atoms with Crippen LogP contribution in [0.5, 0.6) is 0 Å². The average Bonchev–Trinajstić information content (AvgIpc) is 2.97. The summed E-state index contributed by atoms with van der Waals surface area (Å²) in [6.45, 7) is 13.9. The zero-order valence-corrected chi connectivity index (χ0v) is 20.8. The van der Waals surface area contributed by atoms with E-state index < -0.39 is 23.2 Å². The first kappa shape index (κ1) is 22.7. The Balaban J connectivity index is 0.00000131. The summed E-state index contributed by atoms with van der Waals surface area (Å²) in [7, 11) is 0. The van der Waals surface area contributed by atoms with Gasteiger partial charge in [0.1, 0.15) is 0 Å². The molecule has 2 aliphatic rings. The van der Waals surface area contributed by atoms with Gasteiger partial charge in [-0.05, 0) is 0 Å². The van der Waals surface area contributed by atoms with Crippen LogP contribution in [0.25, 0.3) is 11.1 Å². The van der Waals surface area contributed by atoms with E-state index in [-0.39, 0.29) is 24.8 Å². The second kappa shape index (κ2) is 8.40. The molecule has 4 rings (SSSR count). The minimum atomic E-state index is -0.754. The maximum atomic E-state index is 2.46. The number of rotatable bonds is 2. The summed E-state index contributed by atoms with van der Waals surface area (Å²) in [5.74, 6) is 0.661. The smallest absolute Gasteiger partial charge is 1.00 e. The molecule has 3 heteroatoms. The molecule has 0 aliphatic heterocycles. The predicted molar refractivity (Wildman–Crippen MR) is 103 cm³/mol. The summed E-state index contributed by atoms with van der Waals surface area (Å²) in [6, 6.07) is 14.2. The van der Waals surface area contributed by atoms with Gasteiger partial charge in [0, 0.05) is 0 Å². The normalized spacial score (nSPS) is 17.9. The van der Waals surface area contributed by atoms with E-state index in [1.54, 1.807) is 27.8 Å². The first-order valence-electron chi connectivity index (χ1n) is 9.25. The van der Waals surface area contributed by atoms with Crippen molar-refractivity contribution in [3.8, 4) is 11.1 Å². The van der Waals surface area contributed by atoms with Gasteiger partial charge in [0.15, 0.2) is 0 Å². The molecule has 0 amide bonds. The Morgan fingerprint density at radius 2 is 1.19 bits per heavy atom. The monoisotopic (exact) mass is 474 g/mol. The molecule has 0 heterocycles. The molecule has 0 bridgehead atoms. The molecule has 0 aromatic heterocycles. The summed E-state index contributed by atoms with van der Waals surface area (Å²) in [4.78, 5) is 0. The second-order valence-electron chi connectivity index (χ2n) is 7.83. The number of allylic oxidation sites excluding steroid dienone is 4. The van der Waals surface area contributed by atoms with Crippen molar-refractivity contribution in [1.82, 2.24) is 0 Å². The summed E-state index contributed by atoms with van der Waals surface area (Å²) in [5, 5.41) is 0. The number of hydrogen-bond acceptors (Lipinski definition) is 0. The van der Waals surface area contributed by atoms with Crippen molar-refractivity contribution in [2.75, 3.05) is 0 Å². The van der Waals surface area contributed by atoms with Crippen LogP contribution < -0.4 is 24.8 Å². The van der Waals surface area contributed by atoms with Crippen molar-refractivity contribution >= 4 is 0 Å². The minimum Gasteiger partial charge on any atom is -1.00 e. The van der Waals surface area contributed by atoms with Gasteiger partial charge >= 0.3 is 164 Å². The van der Waals surface area contributed by atoms with E-state index in [1.165, 1.54) is 22.3 Å². The maximum absolute atomic E-state index is 2.46. The molecule has 0 radical (unpaired) electrons. The first-order valence-corrected chi connectivity index (χ1v) is 11.9. The fourth-order valence-electron chi connectivity index (χ4n) is 4.41. The Labute approximate surface area is 187 Å². The van der Waals surface area contributed by atoms with Gasteiger partial charge in [-0.2, -0.15) is 0 Å². The number of halogens is 2. The third kappa shape index (κ3) is 3.68. The molecule has 1 unspecified atom stereocenters. The molecule has 27 heavy (non-hydrogen) atoms. The van der Waals surface area contributed by atoms with Crippen molar-refractivity contribution in [3.63, 3.8) is 0 Å². The van der Waals surface area contributed by atoms with Crippen LogP contribution in [0.15, 0.2) is 56.4 Å². The van der Waals surface area contributed by atoms with Crippen LogP contribution in [-0.4, -0.2) is 0 Å². The Morgan fingerprint density at radius 3 is 1.59 bits per heavy atom. The molecular weight excluding hydrogens is 450 g/mol. The van der Waals surface area contributed by atoms with Crippen LogP contribution in [0.1, 0.15) is 53.6 Å². The van der Waals surface area contributed by atoms with E-state index >= 15 is 0 Å². The molecule has 0 nitrogen and oxygen atoms in total. The largest absolute Gasteiger partial charge is 1.00 e. The zero-order chi connectivity index (χ0) is 17.9. The van der Waals surface area contributed by atoms with E-state index in [1.807, 2.05) is 3.28 Å². The van der Waals surface area contributed by atoms with Crippen LogP contribution >= 0.6 is 0 Å². The van der Waals surface area contributed by atoms with Crippen molar-refractivity contribution in [3.05, 3.63) is 78.7 Å². The molecule has 2 aromatic carbocycles. The SMILES string of the molecule is CC1=C(C)C(C)[C]([Zr+2][CH]2c3cc(C)ccc3-c3ccc(C)cc32)=C1C.[Cl-].[Cl-]. The Hall–Kier alpha value is -0.617. The van der Waals surface area contributed by atoms with E-state index in [0.717, 1.165) is 0 Å².